The van der Waals surface area contributed by atoms with Crippen LogP contribution in [0.1, 0.15) is 10.4 Å². The zero-order valence-corrected chi connectivity index (χ0v) is 11.4. The first-order valence-corrected chi connectivity index (χ1v) is 7.13. The molecular weight excluding hydrogens is 272 g/mol. The van der Waals surface area contributed by atoms with E-state index in [1.807, 2.05) is 36.4 Å². The van der Waals surface area contributed by atoms with Crippen LogP contribution < -0.4 is 5.01 Å². The topological polar surface area (TPSA) is 41.9 Å². The summed E-state index contributed by atoms with van der Waals surface area (Å²) < 4.78 is 5.28. The van der Waals surface area contributed by atoms with Crippen molar-refractivity contribution in [2.75, 3.05) is 10.9 Å². The molecule has 0 amide bonds. The van der Waals surface area contributed by atoms with Crippen molar-refractivity contribution in [3.05, 3.63) is 66.2 Å². The number of carbonyl (C=O) groups excluding carboxylic acids is 1. The zero-order chi connectivity index (χ0) is 13.8. The van der Waals surface area contributed by atoms with Crippen molar-refractivity contribution in [3.63, 3.8) is 0 Å². The molecule has 0 atom stereocenters. The van der Waals surface area contributed by atoms with E-state index >= 15 is 0 Å². The number of ether oxygens (including phenoxy) is 1. The number of carbonyl (C=O) groups is 1. The van der Waals surface area contributed by atoms with Gasteiger partial charge in [0.2, 0.25) is 0 Å². The van der Waals surface area contributed by atoms with E-state index in [4.69, 9.17) is 4.74 Å². The van der Waals surface area contributed by atoms with Gasteiger partial charge in [-0.15, -0.1) is 5.10 Å². The molecule has 2 aromatic carbocycles. The van der Waals surface area contributed by atoms with Crippen LogP contribution in [-0.4, -0.2) is 17.1 Å². The standard InChI is InChI=1S/C15H12N2O2S/c18-14(12-7-3-1-4-8-12)19-15-16-17(11-20-15)13-9-5-2-6-10-13/h1-10H,11H2. The number of hydrogen-bond donors (Lipinski definition) is 0. The minimum absolute atomic E-state index is 0.378. The average Bonchev–Trinajstić information content (AvgIpc) is 2.97. The Labute approximate surface area is 121 Å². The summed E-state index contributed by atoms with van der Waals surface area (Å²) >= 11 is 1.40. The zero-order valence-electron chi connectivity index (χ0n) is 10.6. The number of para-hydroxylation sites is 1. The van der Waals surface area contributed by atoms with Crippen LogP contribution in [0, 0.1) is 0 Å². The second kappa shape index (κ2) is 5.79. The molecule has 100 valence electrons. The summed E-state index contributed by atoms with van der Waals surface area (Å²) in [6.07, 6.45) is 0. The van der Waals surface area contributed by atoms with E-state index in [9.17, 15) is 4.79 Å². The number of thioether (sulfide) groups is 1. The van der Waals surface area contributed by atoms with Gasteiger partial charge in [0.1, 0.15) is 0 Å². The first-order valence-electron chi connectivity index (χ1n) is 6.14. The summed E-state index contributed by atoms with van der Waals surface area (Å²) in [6.45, 7) is 0. The molecule has 0 spiro atoms. The molecule has 0 saturated heterocycles. The van der Waals surface area contributed by atoms with E-state index in [-0.39, 0.29) is 5.97 Å². The predicted octanol–water partition coefficient (Wildman–Crippen LogP) is 3.33. The van der Waals surface area contributed by atoms with E-state index in [0.717, 1.165) is 5.69 Å². The van der Waals surface area contributed by atoms with Crippen LogP contribution in [0.25, 0.3) is 0 Å². The summed E-state index contributed by atoms with van der Waals surface area (Å²) in [6, 6.07) is 18.7. The highest BCUT2D eigenvalue weighted by Gasteiger charge is 2.20. The molecule has 5 heteroatoms. The second-order valence-corrected chi connectivity index (χ2v) is 5.03. The van der Waals surface area contributed by atoms with Gasteiger partial charge in [0, 0.05) is 0 Å². The molecule has 0 bridgehead atoms. The Kier molecular flexibility index (Phi) is 3.69. The van der Waals surface area contributed by atoms with Crippen molar-refractivity contribution >= 4 is 28.6 Å². The maximum absolute atomic E-state index is 11.9. The molecule has 1 aliphatic heterocycles. The Morgan fingerprint density at radius 1 is 1.05 bits per heavy atom. The van der Waals surface area contributed by atoms with Crippen LogP contribution in [0.2, 0.25) is 0 Å². The van der Waals surface area contributed by atoms with Crippen LogP contribution in [0.3, 0.4) is 0 Å². The smallest absolute Gasteiger partial charge is 0.345 e. The Bertz CT molecular complexity index is 629. The minimum Gasteiger partial charge on any atom is -0.396 e. The Hall–Kier alpha value is -2.27. The molecule has 0 radical (unpaired) electrons. The van der Waals surface area contributed by atoms with Gasteiger partial charge >= 0.3 is 5.97 Å². The van der Waals surface area contributed by atoms with Gasteiger partial charge in [-0.1, -0.05) is 36.4 Å². The molecule has 2 aromatic rings. The number of nitrogens with zero attached hydrogens (tertiary/aromatic N) is 2. The quantitative estimate of drug-likeness (QED) is 0.793. The molecule has 0 unspecified atom stereocenters. The van der Waals surface area contributed by atoms with Gasteiger partial charge in [-0.05, 0) is 36.0 Å². The number of benzene rings is 2. The fourth-order valence-electron chi connectivity index (χ4n) is 1.77. The lowest BCUT2D eigenvalue weighted by Crippen LogP contribution is -2.11. The lowest BCUT2D eigenvalue weighted by atomic mass is 10.2. The average molecular weight is 284 g/mol. The molecule has 3 rings (SSSR count). The van der Waals surface area contributed by atoms with Crippen molar-refractivity contribution in [2.24, 2.45) is 5.10 Å². The van der Waals surface area contributed by atoms with E-state index in [1.54, 1.807) is 29.3 Å². The molecule has 1 aliphatic rings. The van der Waals surface area contributed by atoms with Crippen LogP contribution in [-0.2, 0) is 4.74 Å². The molecule has 0 N–H and O–H groups in total. The van der Waals surface area contributed by atoms with Gasteiger partial charge in [0.15, 0.2) is 0 Å². The van der Waals surface area contributed by atoms with Crippen LogP contribution in [0.5, 0.6) is 0 Å². The summed E-state index contributed by atoms with van der Waals surface area (Å²) in [5.41, 5.74) is 1.50. The van der Waals surface area contributed by atoms with E-state index < -0.39 is 0 Å². The van der Waals surface area contributed by atoms with E-state index in [1.165, 1.54) is 11.8 Å². The Morgan fingerprint density at radius 3 is 2.40 bits per heavy atom. The Balaban J connectivity index is 1.69. The van der Waals surface area contributed by atoms with Crippen molar-refractivity contribution in [2.45, 2.75) is 0 Å². The number of esters is 1. The molecule has 20 heavy (non-hydrogen) atoms. The van der Waals surface area contributed by atoms with Crippen LogP contribution in [0.4, 0.5) is 5.69 Å². The van der Waals surface area contributed by atoms with E-state index in [0.29, 0.717) is 16.7 Å². The molecule has 0 saturated carbocycles. The van der Waals surface area contributed by atoms with Gasteiger partial charge in [-0.2, -0.15) is 0 Å². The van der Waals surface area contributed by atoms with Crippen LogP contribution >= 0.6 is 11.8 Å². The SMILES string of the molecule is O=C(OC1=NN(c2ccccc2)CS1)c1ccccc1. The van der Waals surface area contributed by atoms with E-state index in [2.05, 4.69) is 5.10 Å². The molecular formula is C15H12N2O2S. The molecule has 0 aliphatic carbocycles. The first kappa shape index (κ1) is 12.7. The maximum atomic E-state index is 11.9. The largest absolute Gasteiger partial charge is 0.396 e. The number of rotatable bonds is 2. The normalized spacial score (nSPS) is 14.0. The Morgan fingerprint density at radius 2 is 1.70 bits per heavy atom. The van der Waals surface area contributed by atoms with Gasteiger partial charge in [-0.25, -0.2) is 4.79 Å². The maximum Gasteiger partial charge on any atom is 0.345 e. The molecule has 0 fully saturated rings. The highest BCUT2D eigenvalue weighted by molar-refractivity contribution is 8.13. The third-order valence-corrected chi connectivity index (χ3v) is 3.54. The monoisotopic (exact) mass is 284 g/mol. The second-order valence-electron chi connectivity index (χ2n) is 4.13. The highest BCUT2D eigenvalue weighted by Crippen LogP contribution is 2.25. The molecule has 4 nitrogen and oxygen atoms in total. The van der Waals surface area contributed by atoms with Gasteiger partial charge in [0.05, 0.1) is 17.1 Å². The first-order chi connectivity index (χ1) is 9.83. The van der Waals surface area contributed by atoms with Crippen molar-refractivity contribution < 1.29 is 9.53 Å². The van der Waals surface area contributed by atoms with Gasteiger partial charge in [0.25, 0.3) is 5.23 Å². The summed E-state index contributed by atoms with van der Waals surface area (Å²) in [5.74, 6) is 0.258. The lowest BCUT2D eigenvalue weighted by molar-refractivity contribution is 0.0724. The molecule has 1 heterocycles. The summed E-state index contributed by atoms with van der Waals surface area (Å²) in [4.78, 5) is 11.9. The minimum atomic E-state index is -0.383. The fraction of sp³-hybridized carbons (Fsp3) is 0.0667. The van der Waals surface area contributed by atoms with Crippen LogP contribution in [0.15, 0.2) is 65.8 Å². The van der Waals surface area contributed by atoms with Gasteiger partial charge in [-0.3, -0.25) is 5.01 Å². The predicted molar refractivity (Wildman–Crippen MR) is 80.7 cm³/mol. The van der Waals surface area contributed by atoms with Crippen molar-refractivity contribution in [1.82, 2.24) is 0 Å². The highest BCUT2D eigenvalue weighted by atomic mass is 32.2. The number of hydrazone groups is 1. The summed E-state index contributed by atoms with van der Waals surface area (Å²) in [7, 11) is 0. The molecule has 0 aromatic heterocycles. The van der Waals surface area contributed by atoms with Crippen molar-refractivity contribution in [3.8, 4) is 0 Å². The fourth-order valence-corrected chi connectivity index (χ4v) is 2.50. The number of hydrogen-bond acceptors (Lipinski definition) is 5. The third-order valence-electron chi connectivity index (χ3n) is 2.76. The number of anilines is 1. The lowest BCUT2D eigenvalue weighted by Gasteiger charge is -2.10. The third kappa shape index (κ3) is 2.83. The summed E-state index contributed by atoms with van der Waals surface area (Å²) in [5, 5.41) is 6.48. The van der Waals surface area contributed by atoms with Gasteiger partial charge < -0.3 is 4.74 Å². The van der Waals surface area contributed by atoms with Crippen molar-refractivity contribution in [1.29, 1.82) is 0 Å².